The van der Waals surface area contributed by atoms with Crippen molar-refractivity contribution in [3.63, 3.8) is 0 Å². The largest absolute Gasteiger partial charge is 0.497 e. The van der Waals surface area contributed by atoms with Crippen LogP contribution >= 0.6 is 0 Å². The Labute approximate surface area is 187 Å². The summed E-state index contributed by atoms with van der Waals surface area (Å²) >= 11 is 0. The van der Waals surface area contributed by atoms with Gasteiger partial charge in [0, 0.05) is 31.9 Å². The zero-order valence-electron chi connectivity index (χ0n) is 18.4. The van der Waals surface area contributed by atoms with E-state index in [4.69, 9.17) is 9.47 Å². The molecule has 1 amide bonds. The Kier molecular flexibility index (Phi) is 5.53. The maximum absolute atomic E-state index is 13.2. The van der Waals surface area contributed by atoms with Crippen molar-refractivity contribution in [3.05, 3.63) is 71.0 Å². The number of piperazine rings is 1. The van der Waals surface area contributed by atoms with Crippen molar-refractivity contribution in [1.29, 1.82) is 0 Å². The molecule has 3 aromatic rings. The summed E-state index contributed by atoms with van der Waals surface area (Å²) in [5.74, 6) is 0.739. The molecular weight excluding hydrogens is 406 g/mol. The molecule has 1 fully saturated rings. The first-order valence-electron chi connectivity index (χ1n) is 10.9. The van der Waals surface area contributed by atoms with Gasteiger partial charge in [-0.05, 0) is 42.3 Å². The summed E-state index contributed by atoms with van der Waals surface area (Å²) in [5.41, 5.74) is 4.65. The average Bonchev–Trinajstić information content (AvgIpc) is 3.27. The molecule has 1 aromatic heterocycles. The van der Waals surface area contributed by atoms with E-state index in [9.17, 15) is 4.79 Å². The summed E-state index contributed by atoms with van der Waals surface area (Å²) in [4.78, 5) is 17.4. The van der Waals surface area contributed by atoms with Crippen LogP contribution in [0.2, 0.25) is 0 Å². The molecule has 0 radical (unpaired) electrons. The molecule has 3 heterocycles. The molecule has 2 aliphatic heterocycles. The van der Waals surface area contributed by atoms with Gasteiger partial charge in [-0.1, -0.05) is 29.5 Å². The van der Waals surface area contributed by atoms with Gasteiger partial charge in [0.25, 0.3) is 5.91 Å². The topological polar surface area (TPSA) is 72.7 Å². The van der Waals surface area contributed by atoms with Crippen molar-refractivity contribution in [2.24, 2.45) is 0 Å². The van der Waals surface area contributed by atoms with Crippen LogP contribution in [0.3, 0.4) is 0 Å². The quantitative estimate of drug-likeness (QED) is 0.630. The van der Waals surface area contributed by atoms with Gasteiger partial charge in [0.2, 0.25) is 0 Å². The van der Waals surface area contributed by atoms with Gasteiger partial charge in [0.05, 0.1) is 26.0 Å². The second-order valence-corrected chi connectivity index (χ2v) is 8.26. The molecular formula is C24H27N5O3. The summed E-state index contributed by atoms with van der Waals surface area (Å²) < 4.78 is 13.1. The molecule has 0 saturated carbocycles. The van der Waals surface area contributed by atoms with E-state index in [1.54, 1.807) is 11.8 Å². The summed E-state index contributed by atoms with van der Waals surface area (Å²) in [5, 5.41) is 8.48. The Morgan fingerprint density at radius 2 is 1.88 bits per heavy atom. The molecule has 32 heavy (non-hydrogen) atoms. The van der Waals surface area contributed by atoms with Crippen molar-refractivity contribution in [1.82, 2.24) is 19.9 Å². The van der Waals surface area contributed by atoms with Gasteiger partial charge in [0.15, 0.2) is 5.69 Å². The van der Waals surface area contributed by atoms with Gasteiger partial charge in [-0.15, -0.1) is 5.10 Å². The predicted octanol–water partition coefficient (Wildman–Crippen LogP) is 2.83. The van der Waals surface area contributed by atoms with Crippen LogP contribution < -0.4 is 9.64 Å². The van der Waals surface area contributed by atoms with Crippen molar-refractivity contribution in [2.45, 2.75) is 26.2 Å². The summed E-state index contributed by atoms with van der Waals surface area (Å²) in [6.45, 7) is 5.86. The monoisotopic (exact) mass is 433 g/mol. The van der Waals surface area contributed by atoms with Crippen molar-refractivity contribution >= 4 is 11.6 Å². The van der Waals surface area contributed by atoms with E-state index in [1.165, 1.54) is 11.3 Å². The smallest absolute Gasteiger partial charge is 0.276 e. The average molecular weight is 434 g/mol. The molecule has 166 valence electrons. The first-order valence-corrected chi connectivity index (χ1v) is 10.9. The van der Waals surface area contributed by atoms with Crippen LogP contribution in [0.15, 0.2) is 48.5 Å². The summed E-state index contributed by atoms with van der Waals surface area (Å²) in [6.07, 6.45) is -0.129. The minimum atomic E-state index is -0.129. The molecule has 1 atom stereocenters. The molecule has 8 heteroatoms. The fourth-order valence-electron chi connectivity index (χ4n) is 4.34. The number of nitrogens with zero attached hydrogens (tertiary/aromatic N) is 5. The highest BCUT2D eigenvalue weighted by Gasteiger charge is 2.31. The number of ether oxygens (including phenoxy) is 2. The first kappa shape index (κ1) is 20.5. The van der Waals surface area contributed by atoms with E-state index >= 15 is 0 Å². The van der Waals surface area contributed by atoms with Crippen LogP contribution in [0.5, 0.6) is 5.75 Å². The number of rotatable bonds is 4. The number of fused-ring (bicyclic) bond motifs is 1. The first-order chi connectivity index (χ1) is 15.6. The second kappa shape index (κ2) is 8.63. The zero-order chi connectivity index (χ0) is 22.1. The number of hydrogen-bond donors (Lipinski definition) is 0. The van der Waals surface area contributed by atoms with E-state index in [-0.39, 0.29) is 12.0 Å². The lowest BCUT2D eigenvalue weighted by Crippen LogP contribution is -2.49. The molecule has 2 aliphatic rings. The fraction of sp³-hybridized carbons (Fsp3) is 0.375. The molecule has 5 rings (SSSR count). The van der Waals surface area contributed by atoms with E-state index in [0.717, 1.165) is 30.1 Å². The van der Waals surface area contributed by atoms with E-state index < -0.39 is 0 Å². The van der Waals surface area contributed by atoms with Crippen LogP contribution in [-0.2, 0) is 17.9 Å². The van der Waals surface area contributed by atoms with Gasteiger partial charge < -0.3 is 19.3 Å². The van der Waals surface area contributed by atoms with Crippen LogP contribution in [0.1, 0.15) is 33.4 Å². The Morgan fingerprint density at radius 1 is 1.09 bits per heavy atom. The summed E-state index contributed by atoms with van der Waals surface area (Å²) in [6, 6.07) is 16.3. The van der Waals surface area contributed by atoms with Crippen molar-refractivity contribution < 1.29 is 14.3 Å². The Balaban J connectivity index is 1.24. The Morgan fingerprint density at radius 3 is 2.59 bits per heavy atom. The Bertz CT molecular complexity index is 1100. The highest BCUT2D eigenvalue weighted by atomic mass is 16.5. The number of aryl methyl sites for hydroxylation is 1. The van der Waals surface area contributed by atoms with Gasteiger partial charge in [-0.25, -0.2) is 4.68 Å². The number of aromatic nitrogens is 3. The van der Waals surface area contributed by atoms with Crippen LogP contribution in [-0.4, -0.2) is 59.1 Å². The second-order valence-electron chi connectivity index (χ2n) is 8.26. The molecule has 0 bridgehead atoms. The lowest BCUT2D eigenvalue weighted by Gasteiger charge is -2.36. The van der Waals surface area contributed by atoms with E-state index in [2.05, 4.69) is 46.4 Å². The molecule has 0 aliphatic carbocycles. The minimum Gasteiger partial charge on any atom is -0.497 e. The van der Waals surface area contributed by atoms with Gasteiger partial charge in [-0.3, -0.25) is 4.79 Å². The Hall–Kier alpha value is -3.39. The van der Waals surface area contributed by atoms with Crippen LogP contribution in [0, 0.1) is 6.92 Å². The third-order valence-electron chi connectivity index (χ3n) is 6.22. The molecule has 8 nitrogen and oxygen atoms in total. The third-order valence-corrected chi connectivity index (χ3v) is 6.22. The lowest BCUT2D eigenvalue weighted by atomic mass is 10.1. The highest BCUT2D eigenvalue weighted by Crippen LogP contribution is 2.28. The minimum absolute atomic E-state index is 0.0679. The number of carbonyl (C=O) groups excluding carboxylic acids is 1. The maximum Gasteiger partial charge on any atom is 0.276 e. The van der Waals surface area contributed by atoms with Crippen molar-refractivity contribution in [2.75, 3.05) is 38.2 Å². The highest BCUT2D eigenvalue weighted by molar-refractivity contribution is 5.93. The number of anilines is 1. The van der Waals surface area contributed by atoms with Crippen LogP contribution in [0.25, 0.3) is 0 Å². The maximum atomic E-state index is 13.2. The van der Waals surface area contributed by atoms with E-state index in [0.29, 0.717) is 31.9 Å². The molecule has 1 saturated heterocycles. The standard InChI is InChI=1S/C24H27N5O3/c1-17-4-3-5-19(14-17)27-10-12-28(13-11-27)24(30)23-21-16-32-22(15-29(21)26-25-23)18-6-8-20(31-2)9-7-18/h3-9,14,22H,10-13,15-16H2,1-2H3. The number of carbonyl (C=O) groups is 1. The lowest BCUT2D eigenvalue weighted by molar-refractivity contribution is -0.00198. The number of benzene rings is 2. The van der Waals surface area contributed by atoms with Gasteiger partial charge in [0.1, 0.15) is 11.9 Å². The van der Waals surface area contributed by atoms with Crippen molar-refractivity contribution in [3.8, 4) is 5.75 Å². The molecule has 1 unspecified atom stereocenters. The number of hydrogen-bond acceptors (Lipinski definition) is 6. The van der Waals surface area contributed by atoms with E-state index in [1.807, 2.05) is 29.2 Å². The predicted molar refractivity (Wildman–Crippen MR) is 120 cm³/mol. The van der Waals surface area contributed by atoms with Crippen LogP contribution in [0.4, 0.5) is 5.69 Å². The number of amides is 1. The summed E-state index contributed by atoms with van der Waals surface area (Å²) in [7, 11) is 1.65. The fourth-order valence-corrected chi connectivity index (χ4v) is 4.34. The molecule has 0 N–H and O–H groups in total. The zero-order valence-corrected chi connectivity index (χ0v) is 18.4. The normalized spacial score (nSPS) is 18.4. The van der Waals surface area contributed by atoms with Gasteiger partial charge in [-0.2, -0.15) is 0 Å². The third kappa shape index (κ3) is 3.93. The number of methoxy groups -OCH3 is 1. The molecule has 2 aromatic carbocycles. The van der Waals surface area contributed by atoms with Gasteiger partial charge >= 0.3 is 0 Å². The molecule has 0 spiro atoms. The SMILES string of the molecule is COc1ccc(C2Cn3nnc(C(=O)N4CCN(c5cccc(C)c5)CC4)c3CO2)cc1.